The lowest BCUT2D eigenvalue weighted by Gasteiger charge is -2.23. The normalized spacial score (nSPS) is 11.6. The van der Waals surface area contributed by atoms with Crippen molar-refractivity contribution in [3.8, 4) is 0 Å². The maximum atomic E-state index is 12.3. The molecule has 0 spiro atoms. The topological polar surface area (TPSA) is 89.5 Å². The van der Waals surface area contributed by atoms with Crippen LogP contribution in [0.1, 0.15) is 29.8 Å². The van der Waals surface area contributed by atoms with Gasteiger partial charge in [0, 0.05) is 24.5 Å². The molecule has 2 aromatic heterocycles. The number of nitrogens with two attached hydrogens (primary N) is 1. The predicted octanol–water partition coefficient (Wildman–Crippen LogP) is 0.470. The van der Waals surface area contributed by atoms with Crippen LogP contribution in [-0.2, 0) is 0 Å². The standard InChI is InChI=1S/C14H18N4O2/c1-9-4-5-11-16-6-10(13(20)18(11)7-9)12(19)17-14(2,3)8-15/h4-7H,8,15H2,1-3H3,(H,17,19). The number of nitrogens with one attached hydrogen (secondary N) is 1. The van der Waals surface area contributed by atoms with Crippen molar-refractivity contribution in [2.24, 2.45) is 5.73 Å². The first-order valence-electron chi connectivity index (χ1n) is 6.35. The molecule has 6 heteroatoms. The summed E-state index contributed by atoms with van der Waals surface area (Å²) in [4.78, 5) is 28.6. The fourth-order valence-corrected chi connectivity index (χ4v) is 1.76. The Hall–Kier alpha value is -2.21. The largest absolute Gasteiger partial charge is 0.346 e. The van der Waals surface area contributed by atoms with E-state index in [9.17, 15) is 9.59 Å². The Morgan fingerprint density at radius 2 is 2.15 bits per heavy atom. The highest BCUT2D eigenvalue weighted by Crippen LogP contribution is 2.04. The molecular formula is C14H18N4O2. The number of hydrogen-bond acceptors (Lipinski definition) is 4. The van der Waals surface area contributed by atoms with Crippen molar-refractivity contribution in [3.63, 3.8) is 0 Å². The van der Waals surface area contributed by atoms with Crippen LogP contribution in [0.3, 0.4) is 0 Å². The smallest absolute Gasteiger partial charge is 0.270 e. The molecule has 20 heavy (non-hydrogen) atoms. The zero-order valence-electron chi connectivity index (χ0n) is 11.8. The second-order valence-electron chi connectivity index (χ2n) is 5.45. The number of aryl methyl sites for hydroxylation is 1. The van der Waals surface area contributed by atoms with Crippen molar-refractivity contribution in [2.75, 3.05) is 6.54 Å². The molecule has 6 nitrogen and oxygen atoms in total. The molecule has 0 saturated heterocycles. The number of hydrogen-bond donors (Lipinski definition) is 2. The number of nitrogens with zero attached hydrogens (tertiary/aromatic N) is 2. The lowest BCUT2D eigenvalue weighted by atomic mass is 10.1. The van der Waals surface area contributed by atoms with Crippen LogP contribution in [0, 0.1) is 6.92 Å². The molecule has 0 radical (unpaired) electrons. The molecule has 0 aliphatic carbocycles. The Morgan fingerprint density at radius 1 is 1.45 bits per heavy atom. The van der Waals surface area contributed by atoms with E-state index in [4.69, 9.17) is 5.73 Å². The maximum absolute atomic E-state index is 12.3. The molecule has 1 amide bonds. The van der Waals surface area contributed by atoms with E-state index in [1.54, 1.807) is 26.1 Å². The summed E-state index contributed by atoms with van der Waals surface area (Å²) in [6, 6.07) is 3.60. The van der Waals surface area contributed by atoms with E-state index in [-0.39, 0.29) is 17.7 Å². The fraction of sp³-hybridized carbons (Fsp3) is 0.357. The van der Waals surface area contributed by atoms with E-state index < -0.39 is 11.4 Å². The minimum absolute atomic E-state index is 0.00891. The first kappa shape index (κ1) is 14.2. The number of fused-ring (bicyclic) bond motifs is 1. The van der Waals surface area contributed by atoms with Crippen LogP contribution in [0.25, 0.3) is 5.65 Å². The molecule has 2 aromatic rings. The van der Waals surface area contributed by atoms with Crippen LogP contribution < -0.4 is 16.6 Å². The van der Waals surface area contributed by atoms with E-state index in [1.165, 1.54) is 10.6 Å². The Labute approximate surface area is 116 Å². The number of carbonyl (C=O) groups excluding carboxylic acids is 1. The summed E-state index contributed by atoms with van der Waals surface area (Å²) < 4.78 is 1.37. The first-order valence-corrected chi connectivity index (χ1v) is 6.35. The van der Waals surface area contributed by atoms with E-state index in [0.29, 0.717) is 5.65 Å². The van der Waals surface area contributed by atoms with Gasteiger partial charge in [-0.15, -0.1) is 0 Å². The molecule has 0 unspecified atom stereocenters. The van der Waals surface area contributed by atoms with Gasteiger partial charge in [0.15, 0.2) is 0 Å². The molecule has 0 aromatic carbocycles. The average molecular weight is 274 g/mol. The number of carbonyl (C=O) groups is 1. The first-order chi connectivity index (χ1) is 9.34. The highest BCUT2D eigenvalue weighted by molar-refractivity contribution is 5.94. The van der Waals surface area contributed by atoms with Gasteiger partial charge in [0.2, 0.25) is 0 Å². The van der Waals surface area contributed by atoms with Crippen molar-refractivity contribution < 1.29 is 4.79 Å². The minimum Gasteiger partial charge on any atom is -0.346 e. The summed E-state index contributed by atoms with van der Waals surface area (Å²) >= 11 is 0. The molecule has 0 aliphatic rings. The highest BCUT2D eigenvalue weighted by atomic mass is 16.2. The van der Waals surface area contributed by atoms with Crippen LogP contribution in [0.15, 0.2) is 29.3 Å². The van der Waals surface area contributed by atoms with Crippen LogP contribution in [0.5, 0.6) is 0 Å². The average Bonchev–Trinajstić information content (AvgIpc) is 2.39. The predicted molar refractivity (Wildman–Crippen MR) is 76.8 cm³/mol. The number of rotatable bonds is 3. The van der Waals surface area contributed by atoms with Crippen LogP contribution in [0.4, 0.5) is 0 Å². The number of pyridine rings is 1. The summed E-state index contributed by atoms with van der Waals surface area (Å²) in [6.45, 7) is 5.73. The van der Waals surface area contributed by atoms with E-state index in [1.807, 2.05) is 13.0 Å². The lowest BCUT2D eigenvalue weighted by Crippen LogP contribution is -2.50. The van der Waals surface area contributed by atoms with Gasteiger partial charge >= 0.3 is 0 Å². The molecule has 0 aliphatic heterocycles. The second-order valence-corrected chi connectivity index (χ2v) is 5.45. The molecule has 106 valence electrons. The Bertz CT molecular complexity index is 719. The van der Waals surface area contributed by atoms with Crippen molar-refractivity contribution in [1.82, 2.24) is 14.7 Å². The van der Waals surface area contributed by atoms with Gasteiger partial charge in [-0.25, -0.2) is 4.98 Å². The molecule has 0 saturated carbocycles. The number of aromatic nitrogens is 2. The van der Waals surface area contributed by atoms with Gasteiger partial charge in [0.05, 0.1) is 0 Å². The SMILES string of the molecule is Cc1ccc2ncc(C(=O)NC(C)(C)CN)c(=O)n2c1. The Kier molecular flexibility index (Phi) is 3.59. The van der Waals surface area contributed by atoms with Crippen molar-refractivity contribution >= 4 is 11.6 Å². The third-order valence-electron chi connectivity index (χ3n) is 3.06. The third kappa shape index (κ3) is 2.70. The zero-order valence-corrected chi connectivity index (χ0v) is 11.8. The van der Waals surface area contributed by atoms with Crippen molar-refractivity contribution in [2.45, 2.75) is 26.3 Å². The third-order valence-corrected chi connectivity index (χ3v) is 3.06. The molecule has 0 atom stereocenters. The van der Waals surface area contributed by atoms with Crippen LogP contribution in [-0.4, -0.2) is 27.4 Å². The Morgan fingerprint density at radius 3 is 2.80 bits per heavy atom. The van der Waals surface area contributed by atoms with Gasteiger partial charge in [-0.2, -0.15) is 0 Å². The Balaban J connectivity index is 2.48. The molecular weight excluding hydrogens is 256 g/mol. The minimum atomic E-state index is -0.574. The van der Waals surface area contributed by atoms with Crippen LogP contribution >= 0.6 is 0 Å². The van der Waals surface area contributed by atoms with Gasteiger partial charge < -0.3 is 11.1 Å². The fourth-order valence-electron chi connectivity index (χ4n) is 1.76. The van der Waals surface area contributed by atoms with Crippen LogP contribution in [0.2, 0.25) is 0 Å². The quantitative estimate of drug-likeness (QED) is 0.851. The number of amides is 1. The maximum Gasteiger partial charge on any atom is 0.270 e. The molecule has 3 N–H and O–H groups in total. The second kappa shape index (κ2) is 5.05. The summed E-state index contributed by atoms with van der Waals surface area (Å²) in [5.74, 6) is -0.464. The summed E-state index contributed by atoms with van der Waals surface area (Å²) in [5.41, 5.74) is 6.04. The van der Waals surface area contributed by atoms with Gasteiger partial charge in [0.25, 0.3) is 11.5 Å². The zero-order chi connectivity index (χ0) is 14.9. The lowest BCUT2D eigenvalue weighted by molar-refractivity contribution is 0.0913. The highest BCUT2D eigenvalue weighted by Gasteiger charge is 2.21. The van der Waals surface area contributed by atoms with E-state index in [2.05, 4.69) is 10.3 Å². The van der Waals surface area contributed by atoms with E-state index >= 15 is 0 Å². The van der Waals surface area contributed by atoms with Crippen molar-refractivity contribution in [1.29, 1.82) is 0 Å². The van der Waals surface area contributed by atoms with Gasteiger partial charge in [-0.3, -0.25) is 14.0 Å². The molecule has 2 heterocycles. The van der Waals surface area contributed by atoms with Crippen molar-refractivity contribution in [3.05, 3.63) is 46.0 Å². The summed E-state index contributed by atoms with van der Waals surface area (Å²) in [6.07, 6.45) is 2.96. The molecule has 0 fully saturated rings. The molecule has 0 bridgehead atoms. The monoisotopic (exact) mass is 274 g/mol. The van der Waals surface area contributed by atoms with Gasteiger partial charge in [-0.05, 0) is 32.4 Å². The summed E-state index contributed by atoms with van der Waals surface area (Å²) in [7, 11) is 0. The summed E-state index contributed by atoms with van der Waals surface area (Å²) in [5, 5.41) is 2.73. The molecule has 2 rings (SSSR count). The van der Waals surface area contributed by atoms with E-state index in [0.717, 1.165) is 5.56 Å². The van der Waals surface area contributed by atoms with Gasteiger partial charge in [-0.1, -0.05) is 6.07 Å². The van der Waals surface area contributed by atoms with Gasteiger partial charge in [0.1, 0.15) is 11.2 Å².